The van der Waals surface area contributed by atoms with Crippen molar-refractivity contribution >= 4 is 69.0 Å². The van der Waals surface area contributed by atoms with Crippen molar-refractivity contribution in [2.24, 2.45) is 0 Å². The minimum absolute atomic E-state index is 0.0681. The number of rotatable bonds is 2. The monoisotopic (exact) mass is 543 g/mol. The second-order valence-electron chi connectivity index (χ2n) is 10.4. The van der Waals surface area contributed by atoms with Crippen LogP contribution in [0.25, 0.3) is 0 Å². The summed E-state index contributed by atoms with van der Waals surface area (Å²) < 4.78 is 6.79. The van der Waals surface area contributed by atoms with Crippen LogP contribution < -0.4 is 30.9 Å². The molecule has 0 aliphatic carbocycles. The molecule has 0 bridgehead atoms. The highest BCUT2D eigenvalue weighted by Gasteiger charge is 2.45. The molecule has 5 aromatic carbocycles. The summed E-state index contributed by atoms with van der Waals surface area (Å²) in [5.74, 6) is 1.81. The second kappa shape index (κ2) is 8.78. The highest BCUT2D eigenvalue weighted by molar-refractivity contribution is 8.00. The van der Waals surface area contributed by atoms with Crippen LogP contribution in [0, 0.1) is 0 Å². The molecular weight excluding hydrogens is 521 g/mol. The lowest BCUT2D eigenvalue weighted by Gasteiger charge is -2.43. The summed E-state index contributed by atoms with van der Waals surface area (Å²) in [6.07, 6.45) is 3.72. The number of fused-ring (bicyclic) bond motifs is 7. The Balaban J connectivity index is 1.42. The highest BCUT2D eigenvalue weighted by atomic mass is 32.2. The fourth-order valence-corrected chi connectivity index (χ4v) is 7.71. The number of ether oxygens (including phenoxy) is 1. The summed E-state index contributed by atoms with van der Waals surface area (Å²) in [7, 11) is 0. The number of hydrogen-bond acceptors (Lipinski definition) is 5. The zero-order valence-electron chi connectivity index (χ0n) is 21.9. The van der Waals surface area contributed by atoms with E-state index in [0.29, 0.717) is 0 Å². The summed E-state index contributed by atoms with van der Waals surface area (Å²) in [6.45, 7) is 0.0681. The van der Waals surface area contributed by atoms with Crippen molar-refractivity contribution in [3.63, 3.8) is 0 Å². The average Bonchev–Trinajstić information content (AvgIpc) is 3.04. The maximum Gasteiger partial charge on any atom is 0.256 e. The summed E-state index contributed by atoms with van der Waals surface area (Å²) >= 11 is 1.84. The first-order valence-electron chi connectivity index (χ1n) is 13.8. The molecule has 1 aromatic heterocycles. The van der Waals surface area contributed by atoms with Crippen LogP contribution in [0.1, 0.15) is 0 Å². The van der Waals surface area contributed by atoms with E-state index in [1.807, 2.05) is 24.2 Å². The SMILES string of the molecule is c1ccc(N2c3ccccc3B3c4ccccc4Oc4cc5c(c2c43)Sc2ccccc2N5c2ccncc2)cc1. The molecule has 4 heterocycles. The van der Waals surface area contributed by atoms with Gasteiger partial charge in [-0.3, -0.25) is 4.98 Å². The van der Waals surface area contributed by atoms with Gasteiger partial charge in [-0.25, -0.2) is 0 Å². The topological polar surface area (TPSA) is 28.6 Å². The Morgan fingerprint density at radius 2 is 1.27 bits per heavy atom. The second-order valence-corrected chi connectivity index (χ2v) is 11.5. The van der Waals surface area contributed by atoms with Crippen LogP contribution in [0.5, 0.6) is 11.5 Å². The normalized spacial score (nSPS) is 13.8. The van der Waals surface area contributed by atoms with Crippen LogP contribution >= 0.6 is 11.8 Å². The minimum atomic E-state index is 0.0681. The minimum Gasteiger partial charge on any atom is -0.458 e. The molecule has 3 aliphatic rings. The van der Waals surface area contributed by atoms with Gasteiger partial charge in [0.2, 0.25) is 0 Å². The first-order chi connectivity index (χ1) is 20.4. The zero-order valence-corrected chi connectivity index (χ0v) is 22.8. The standard InChI is InChI=1S/C35H22BN3OS/c1-2-10-23(11-3-1)39-27-14-6-4-12-25(27)36-26-13-5-8-16-30(26)40-31-22-29-35(34(39)33(31)36)41-32-17-9-7-15-28(32)38(29)24-18-20-37-21-19-24/h1-22H. The van der Waals surface area contributed by atoms with Crippen LogP contribution in [-0.2, 0) is 0 Å². The molecule has 6 aromatic rings. The average molecular weight is 543 g/mol. The number of pyridine rings is 1. The van der Waals surface area contributed by atoms with Crippen LogP contribution in [0.4, 0.5) is 34.1 Å². The molecule has 0 unspecified atom stereocenters. The Morgan fingerprint density at radius 3 is 2.12 bits per heavy atom. The van der Waals surface area contributed by atoms with E-state index in [-0.39, 0.29) is 6.71 Å². The van der Waals surface area contributed by atoms with Crippen molar-refractivity contribution in [2.75, 3.05) is 9.80 Å². The van der Waals surface area contributed by atoms with E-state index in [9.17, 15) is 0 Å². The molecule has 3 aliphatic heterocycles. The molecule has 192 valence electrons. The lowest BCUT2D eigenvalue weighted by atomic mass is 9.34. The Labute approximate surface area is 242 Å². The molecule has 0 saturated heterocycles. The van der Waals surface area contributed by atoms with Crippen molar-refractivity contribution in [3.05, 3.63) is 134 Å². The Hall–Kier alpha value is -4.94. The highest BCUT2D eigenvalue weighted by Crippen LogP contribution is 2.57. The number of para-hydroxylation sites is 4. The quantitative estimate of drug-likeness (QED) is 0.212. The van der Waals surface area contributed by atoms with E-state index in [1.54, 1.807) is 0 Å². The van der Waals surface area contributed by atoms with Gasteiger partial charge in [-0.05, 0) is 64.9 Å². The van der Waals surface area contributed by atoms with E-state index in [2.05, 4.69) is 136 Å². The van der Waals surface area contributed by atoms with Crippen LogP contribution in [-0.4, -0.2) is 11.7 Å². The third kappa shape index (κ3) is 3.28. The Morgan fingerprint density at radius 1 is 0.585 bits per heavy atom. The smallest absolute Gasteiger partial charge is 0.256 e. The first-order valence-corrected chi connectivity index (χ1v) is 14.6. The van der Waals surface area contributed by atoms with Crippen molar-refractivity contribution in [2.45, 2.75) is 9.79 Å². The molecule has 0 saturated carbocycles. The fourth-order valence-electron chi connectivity index (χ4n) is 6.53. The van der Waals surface area contributed by atoms with E-state index in [1.165, 1.54) is 37.6 Å². The lowest BCUT2D eigenvalue weighted by Crippen LogP contribution is -2.59. The molecule has 9 rings (SSSR count). The number of aromatic nitrogens is 1. The Kier molecular flexibility index (Phi) is 4.89. The molecule has 0 amide bonds. The predicted octanol–water partition coefficient (Wildman–Crippen LogP) is 7.42. The van der Waals surface area contributed by atoms with E-state index in [4.69, 9.17) is 4.74 Å². The predicted molar refractivity (Wildman–Crippen MR) is 169 cm³/mol. The molecule has 41 heavy (non-hydrogen) atoms. The number of anilines is 6. The number of hydrogen-bond donors (Lipinski definition) is 0. The van der Waals surface area contributed by atoms with Gasteiger partial charge in [0.15, 0.2) is 0 Å². The molecular formula is C35H22BN3OS. The fraction of sp³-hybridized carbons (Fsp3) is 0. The van der Waals surface area contributed by atoms with Gasteiger partial charge in [-0.1, -0.05) is 78.5 Å². The summed E-state index contributed by atoms with van der Waals surface area (Å²) in [5, 5.41) is 0. The maximum atomic E-state index is 6.79. The number of benzene rings is 5. The summed E-state index contributed by atoms with van der Waals surface area (Å²) in [5.41, 5.74) is 10.5. The van der Waals surface area contributed by atoms with Crippen LogP contribution in [0.2, 0.25) is 0 Å². The lowest BCUT2D eigenvalue weighted by molar-refractivity contribution is 0.487. The van der Waals surface area contributed by atoms with Gasteiger partial charge >= 0.3 is 0 Å². The summed E-state index contributed by atoms with van der Waals surface area (Å²) in [6, 6.07) is 43.0. The summed E-state index contributed by atoms with van der Waals surface area (Å²) in [4.78, 5) is 11.5. The molecule has 0 atom stereocenters. The van der Waals surface area contributed by atoms with Crippen LogP contribution in [0.3, 0.4) is 0 Å². The zero-order chi connectivity index (χ0) is 26.9. The molecule has 6 heteroatoms. The van der Waals surface area contributed by atoms with E-state index >= 15 is 0 Å². The molecule has 0 fully saturated rings. The third-order valence-corrected chi connectivity index (χ3v) is 9.35. The molecule has 0 N–H and O–H groups in total. The molecule has 4 nitrogen and oxygen atoms in total. The molecule has 0 spiro atoms. The van der Waals surface area contributed by atoms with Gasteiger partial charge in [0.25, 0.3) is 6.71 Å². The van der Waals surface area contributed by atoms with Gasteiger partial charge in [-0.15, -0.1) is 0 Å². The third-order valence-electron chi connectivity index (χ3n) is 8.18. The van der Waals surface area contributed by atoms with Gasteiger partial charge in [-0.2, -0.15) is 0 Å². The first kappa shape index (κ1) is 22.8. The van der Waals surface area contributed by atoms with Crippen molar-refractivity contribution in [3.8, 4) is 11.5 Å². The van der Waals surface area contributed by atoms with Crippen molar-refractivity contribution in [1.29, 1.82) is 0 Å². The van der Waals surface area contributed by atoms with E-state index < -0.39 is 0 Å². The van der Waals surface area contributed by atoms with Crippen molar-refractivity contribution in [1.82, 2.24) is 4.98 Å². The van der Waals surface area contributed by atoms with Gasteiger partial charge in [0, 0.05) is 40.4 Å². The molecule has 0 radical (unpaired) electrons. The van der Waals surface area contributed by atoms with Gasteiger partial charge < -0.3 is 14.5 Å². The largest absolute Gasteiger partial charge is 0.458 e. The van der Waals surface area contributed by atoms with Crippen molar-refractivity contribution < 1.29 is 4.74 Å². The van der Waals surface area contributed by atoms with Gasteiger partial charge in [0.05, 0.1) is 22.0 Å². The number of nitrogens with zero attached hydrogens (tertiary/aromatic N) is 3. The van der Waals surface area contributed by atoms with Crippen LogP contribution in [0.15, 0.2) is 144 Å². The maximum absolute atomic E-state index is 6.79. The van der Waals surface area contributed by atoms with E-state index in [0.717, 1.165) is 34.2 Å². The Bertz CT molecular complexity index is 1980. The van der Waals surface area contributed by atoms with Gasteiger partial charge in [0.1, 0.15) is 11.5 Å².